The highest BCUT2D eigenvalue weighted by molar-refractivity contribution is 6.36. The van der Waals surface area contributed by atoms with Crippen LogP contribution in [0.3, 0.4) is 0 Å². The number of ether oxygens (including phenoxy) is 1. The van der Waals surface area contributed by atoms with Crippen LogP contribution >= 0.6 is 0 Å². The maximum Gasteiger partial charge on any atom is 0.115 e. The summed E-state index contributed by atoms with van der Waals surface area (Å²) in [6.07, 6.45) is 12.0. The van der Waals surface area contributed by atoms with Crippen LogP contribution in [0.4, 0.5) is 0 Å². The Morgan fingerprint density at radius 1 is 1.40 bits per heavy atom. The normalized spacial score (nSPS) is 35.1. The molecule has 1 nitrogen and oxygen atoms in total. The van der Waals surface area contributed by atoms with Crippen LogP contribution in [0.2, 0.25) is 12.6 Å². The average molecular weight is 203 g/mol. The van der Waals surface area contributed by atoms with Crippen LogP contribution in [0.15, 0.2) is 24.0 Å². The summed E-state index contributed by atoms with van der Waals surface area (Å²) in [6, 6.07) is 0. The first-order valence-electron chi connectivity index (χ1n) is 6.12. The molecule has 81 valence electrons. The van der Waals surface area contributed by atoms with Crippen molar-refractivity contribution in [3.8, 4) is 0 Å². The smallest absolute Gasteiger partial charge is 0.115 e. The van der Waals surface area contributed by atoms with Gasteiger partial charge < -0.3 is 4.74 Å². The Hall–Kier alpha value is -0.655. The van der Waals surface area contributed by atoms with E-state index in [0.717, 1.165) is 18.1 Å². The number of rotatable bonds is 3. The highest BCUT2D eigenvalue weighted by atomic mass is 16.5. The van der Waals surface area contributed by atoms with Gasteiger partial charge in [0, 0.05) is 0 Å². The zero-order valence-electron chi connectivity index (χ0n) is 9.78. The molecule has 1 fully saturated rings. The number of allylic oxidation sites excluding steroid dienone is 3. The third kappa shape index (κ3) is 2.90. The van der Waals surface area contributed by atoms with E-state index >= 15 is 0 Å². The van der Waals surface area contributed by atoms with Gasteiger partial charge in [-0.05, 0) is 49.6 Å². The molecule has 0 saturated heterocycles. The Labute approximate surface area is 93.8 Å². The summed E-state index contributed by atoms with van der Waals surface area (Å²) in [4.78, 5) is 0. The lowest BCUT2D eigenvalue weighted by Gasteiger charge is -2.19. The Morgan fingerprint density at radius 2 is 2.27 bits per heavy atom. The van der Waals surface area contributed by atoms with E-state index in [1.807, 2.05) is 0 Å². The predicted octanol–water partition coefficient (Wildman–Crippen LogP) is 3.58. The fourth-order valence-electron chi connectivity index (χ4n) is 2.44. The zero-order chi connectivity index (χ0) is 10.7. The van der Waals surface area contributed by atoms with Gasteiger partial charge in [0.25, 0.3) is 0 Å². The summed E-state index contributed by atoms with van der Waals surface area (Å²) in [6.45, 7) is 4.44. The molecule has 0 N–H and O–H groups in total. The van der Waals surface area contributed by atoms with Crippen molar-refractivity contribution >= 4 is 7.28 Å². The van der Waals surface area contributed by atoms with Crippen molar-refractivity contribution in [3.05, 3.63) is 24.0 Å². The largest absolute Gasteiger partial charge is 0.491 e. The van der Waals surface area contributed by atoms with Crippen molar-refractivity contribution in [2.24, 2.45) is 5.92 Å². The van der Waals surface area contributed by atoms with Gasteiger partial charge in [0.05, 0.1) is 6.10 Å². The van der Waals surface area contributed by atoms with Gasteiger partial charge in [-0.3, -0.25) is 0 Å². The molecule has 2 aliphatic rings. The SMILES string of the molecule is C[B]C1C=C(OC2CCC(C)C2)C=CC1. The molecule has 0 heterocycles. The van der Waals surface area contributed by atoms with Gasteiger partial charge in [-0.1, -0.05) is 19.8 Å². The zero-order valence-corrected chi connectivity index (χ0v) is 9.78. The fraction of sp³-hybridized carbons (Fsp3) is 0.692. The van der Waals surface area contributed by atoms with Gasteiger partial charge in [0.2, 0.25) is 0 Å². The fourth-order valence-corrected chi connectivity index (χ4v) is 2.44. The predicted molar refractivity (Wildman–Crippen MR) is 65.1 cm³/mol. The van der Waals surface area contributed by atoms with Gasteiger partial charge in [-0.2, -0.15) is 0 Å². The first kappa shape index (κ1) is 10.8. The van der Waals surface area contributed by atoms with Gasteiger partial charge in [-0.15, -0.1) is 0 Å². The van der Waals surface area contributed by atoms with Crippen molar-refractivity contribution in [3.63, 3.8) is 0 Å². The van der Waals surface area contributed by atoms with E-state index in [-0.39, 0.29) is 0 Å². The van der Waals surface area contributed by atoms with Crippen LogP contribution in [-0.4, -0.2) is 13.4 Å². The molecule has 0 bridgehead atoms. The van der Waals surface area contributed by atoms with E-state index < -0.39 is 0 Å². The molecule has 2 rings (SSSR count). The molecular formula is C13H20BO. The lowest BCUT2D eigenvalue weighted by molar-refractivity contribution is 0.127. The number of hydrogen-bond donors (Lipinski definition) is 0. The molecule has 2 heteroatoms. The second-order valence-electron chi connectivity index (χ2n) is 4.86. The van der Waals surface area contributed by atoms with Crippen LogP contribution in [0.1, 0.15) is 32.6 Å². The third-order valence-corrected chi connectivity index (χ3v) is 3.45. The van der Waals surface area contributed by atoms with E-state index in [9.17, 15) is 0 Å². The molecule has 0 aliphatic heterocycles. The Kier molecular flexibility index (Phi) is 3.55. The summed E-state index contributed by atoms with van der Waals surface area (Å²) >= 11 is 0. The molecular weight excluding hydrogens is 183 g/mol. The van der Waals surface area contributed by atoms with E-state index in [2.05, 4.69) is 39.3 Å². The first-order chi connectivity index (χ1) is 7.28. The van der Waals surface area contributed by atoms with Crippen molar-refractivity contribution < 1.29 is 4.74 Å². The highest BCUT2D eigenvalue weighted by Gasteiger charge is 2.23. The Balaban J connectivity index is 1.88. The van der Waals surface area contributed by atoms with Gasteiger partial charge in [0.1, 0.15) is 13.0 Å². The average Bonchev–Trinajstić information content (AvgIpc) is 2.64. The van der Waals surface area contributed by atoms with Crippen LogP contribution in [0, 0.1) is 5.92 Å². The quantitative estimate of drug-likeness (QED) is 0.637. The second-order valence-corrected chi connectivity index (χ2v) is 4.86. The molecule has 0 amide bonds. The number of hydrogen-bond acceptors (Lipinski definition) is 1. The maximum absolute atomic E-state index is 6.01. The summed E-state index contributed by atoms with van der Waals surface area (Å²) in [5, 5.41) is 0. The topological polar surface area (TPSA) is 9.23 Å². The summed E-state index contributed by atoms with van der Waals surface area (Å²) in [5.41, 5.74) is 0. The molecule has 2 aliphatic carbocycles. The standard InChI is InChI=1S/C13H20BO/c1-10-6-7-13(8-10)15-12-5-3-4-11(9-12)14-2/h3,5,9-11,13H,4,6-8H2,1-2H3. The minimum atomic E-state index is 0.464. The lowest BCUT2D eigenvalue weighted by atomic mass is 9.64. The van der Waals surface area contributed by atoms with Crippen molar-refractivity contribution in [2.45, 2.75) is 51.4 Å². The first-order valence-corrected chi connectivity index (χ1v) is 6.12. The molecule has 0 spiro atoms. The van der Waals surface area contributed by atoms with Crippen LogP contribution in [0.25, 0.3) is 0 Å². The van der Waals surface area contributed by atoms with Crippen molar-refractivity contribution in [1.82, 2.24) is 0 Å². The van der Waals surface area contributed by atoms with E-state index in [1.54, 1.807) is 0 Å². The molecule has 3 unspecified atom stereocenters. The maximum atomic E-state index is 6.01. The van der Waals surface area contributed by atoms with Gasteiger partial charge >= 0.3 is 0 Å². The monoisotopic (exact) mass is 203 g/mol. The lowest BCUT2D eigenvalue weighted by Crippen LogP contribution is -2.10. The van der Waals surface area contributed by atoms with Crippen molar-refractivity contribution in [2.75, 3.05) is 0 Å². The molecule has 0 aromatic heterocycles. The minimum Gasteiger partial charge on any atom is -0.491 e. The Morgan fingerprint density at radius 3 is 2.93 bits per heavy atom. The summed E-state index contributed by atoms with van der Waals surface area (Å²) in [7, 11) is 2.24. The molecule has 3 atom stereocenters. The van der Waals surface area contributed by atoms with Crippen molar-refractivity contribution in [1.29, 1.82) is 0 Å². The molecule has 0 aromatic rings. The molecule has 0 aromatic carbocycles. The van der Waals surface area contributed by atoms with Crippen LogP contribution in [0.5, 0.6) is 0 Å². The van der Waals surface area contributed by atoms with Gasteiger partial charge in [0.15, 0.2) is 0 Å². The summed E-state index contributed by atoms with van der Waals surface area (Å²) in [5.74, 6) is 2.50. The van der Waals surface area contributed by atoms with E-state index in [1.165, 1.54) is 19.3 Å². The molecule has 1 radical (unpaired) electrons. The van der Waals surface area contributed by atoms with Gasteiger partial charge in [-0.25, -0.2) is 0 Å². The van der Waals surface area contributed by atoms with E-state index in [0.29, 0.717) is 11.9 Å². The van der Waals surface area contributed by atoms with Crippen LogP contribution in [-0.2, 0) is 4.74 Å². The Bertz CT molecular complexity index is 270. The van der Waals surface area contributed by atoms with E-state index in [4.69, 9.17) is 4.74 Å². The van der Waals surface area contributed by atoms with Crippen LogP contribution < -0.4 is 0 Å². The molecule has 15 heavy (non-hydrogen) atoms. The summed E-state index contributed by atoms with van der Waals surface area (Å²) < 4.78 is 6.01. The second kappa shape index (κ2) is 4.91. The highest BCUT2D eigenvalue weighted by Crippen LogP contribution is 2.30. The molecule has 1 saturated carbocycles. The minimum absolute atomic E-state index is 0.464. The third-order valence-electron chi connectivity index (χ3n) is 3.45.